The molecule has 0 bridgehead atoms. The normalized spacial score (nSPS) is 17.3. The van der Waals surface area contributed by atoms with Gasteiger partial charge in [-0.2, -0.15) is 0 Å². The van der Waals surface area contributed by atoms with Crippen molar-refractivity contribution in [2.75, 3.05) is 6.61 Å². The van der Waals surface area contributed by atoms with Gasteiger partial charge in [0.1, 0.15) is 18.7 Å². The number of aryl methyl sites for hydroxylation is 1. The number of imide groups is 1. The van der Waals surface area contributed by atoms with Gasteiger partial charge in [-0.1, -0.05) is 68.4 Å². The summed E-state index contributed by atoms with van der Waals surface area (Å²) in [5.74, 6) is -1.19. The highest BCUT2D eigenvalue weighted by Gasteiger charge is 2.45. The molecule has 1 fully saturated rings. The summed E-state index contributed by atoms with van der Waals surface area (Å²) in [5.41, 5.74) is 3.55. The van der Waals surface area contributed by atoms with Crippen LogP contribution in [0.2, 0.25) is 0 Å². The van der Waals surface area contributed by atoms with Crippen LogP contribution in [-0.4, -0.2) is 46.4 Å². The van der Waals surface area contributed by atoms with Crippen molar-refractivity contribution >= 4 is 17.7 Å². The van der Waals surface area contributed by atoms with E-state index in [1.54, 1.807) is 13.8 Å². The second kappa shape index (κ2) is 9.67. The van der Waals surface area contributed by atoms with Crippen molar-refractivity contribution in [3.8, 4) is 0 Å². The van der Waals surface area contributed by atoms with Gasteiger partial charge < -0.3 is 10.4 Å². The molecule has 2 atom stereocenters. The molecule has 30 heavy (non-hydrogen) atoms. The van der Waals surface area contributed by atoms with Crippen molar-refractivity contribution < 1.29 is 19.5 Å². The molecule has 1 heterocycles. The summed E-state index contributed by atoms with van der Waals surface area (Å²) in [6.07, 6.45) is 1.95. The highest BCUT2D eigenvalue weighted by Crippen LogP contribution is 2.21. The van der Waals surface area contributed by atoms with Gasteiger partial charge in [-0.05, 0) is 41.9 Å². The molecule has 158 valence electrons. The van der Waals surface area contributed by atoms with Crippen LogP contribution in [0.5, 0.6) is 0 Å². The number of rotatable bonds is 9. The lowest BCUT2D eigenvalue weighted by molar-refractivity contribution is -0.137. The van der Waals surface area contributed by atoms with E-state index in [0.717, 1.165) is 16.9 Å². The number of carbonyl (C=O) groups is 3. The quantitative estimate of drug-likeness (QED) is 0.625. The fourth-order valence-electron chi connectivity index (χ4n) is 3.88. The summed E-state index contributed by atoms with van der Waals surface area (Å²) >= 11 is 0. The molecule has 0 saturated carbocycles. The zero-order valence-electron chi connectivity index (χ0n) is 17.4. The first-order valence-electron chi connectivity index (χ1n) is 10.3. The maximum atomic E-state index is 12.8. The van der Waals surface area contributed by atoms with Crippen LogP contribution < -0.4 is 5.32 Å². The van der Waals surface area contributed by atoms with Crippen molar-refractivity contribution in [3.63, 3.8) is 0 Å². The molecule has 0 unspecified atom stereocenters. The average Bonchev–Trinajstić information content (AvgIpc) is 3.02. The minimum atomic E-state index is -0.940. The Hall–Kier alpha value is -2.99. The number of benzene rings is 2. The van der Waals surface area contributed by atoms with Crippen molar-refractivity contribution in [1.82, 2.24) is 10.2 Å². The first-order chi connectivity index (χ1) is 14.4. The highest BCUT2D eigenvalue weighted by atomic mass is 16.3. The van der Waals surface area contributed by atoms with Crippen LogP contribution in [-0.2, 0) is 22.4 Å². The van der Waals surface area contributed by atoms with E-state index in [0.29, 0.717) is 12.8 Å². The average molecular weight is 408 g/mol. The predicted molar refractivity (Wildman–Crippen MR) is 114 cm³/mol. The van der Waals surface area contributed by atoms with Gasteiger partial charge in [0.05, 0.1) is 0 Å². The minimum Gasteiger partial charge on any atom is -0.388 e. The maximum absolute atomic E-state index is 12.8. The molecule has 6 heteroatoms. The Balaban J connectivity index is 1.60. The van der Waals surface area contributed by atoms with Crippen LogP contribution in [0.15, 0.2) is 54.6 Å². The fraction of sp³-hybridized carbons (Fsp3) is 0.375. The van der Waals surface area contributed by atoms with Crippen LogP contribution in [0.3, 0.4) is 0 Å². The van der Waals surface area contributed by atoms with Gasteiger partial charge in [0.25, 0.3) is 5.91 Å². The number of carbonyl (C=O) groups excluding carboxylic acids is 3. The zero-order chi connectivity index (χ0) is 21.7. The number of nitrogens with zero attached hydrogens (tertiary/aromatic N) is 1. The summed E-state index contributed by atoms with van der Waals surface area (Å²) in [6, 6.07) is 16.3. The number of aliphatic hydroxyl groups excluding tert-OH is 1. The van der Waals surface area contributed by atoms with Gasteiger partial charge in [0, 0.05) is 0 Å². The standard InChI is InChI=1S/C24H28N2O4/c1-16(2)22(21(28)15-27)26-23(29)20(25-24(26)30)13-12-17-8-10-19(11-9-17)14-18-6-4-3-5-7-18/h3-11,16,20,22,27H,12-15H2,1-2H3,(H,25,30)/t20-,22+/m0/s1. The summed E-state index contributed by atoms with van der Waals surface area (Å²) in [5, 5.41) is 11.9. The molecule has 0 spiro atoms. The van der Waals surface area contributed by atoms with Crippen molar-refractivity contribution in [2.24, 2.45) is 5.92 Å². The monoisotopic (exact) mass is 408 g/mol. The van der Waals surface area contributed by atoms with E-state index < -0.39 is 36.4 Å². The summed E-state index contributed by atoms with van der Waals surface area (Å²) in [6.45, 7) is 2.81. The Morgan fingerprint density at radius 3 is 2.20 bits per heavy atom. The topological polar surface area (TPSA) is 86.7 Å². The van der Waals surface area contributed by atoms with Crippen LogP contribution >= 0.6 is 0 Å². The Morgan fingerprint density at radius 2 is 1.60 bits per heavy atom. The predicted octanol–water partition coefficient (Wildman–Crippen LogP) is 2.72. The van der Waals surface area contributed by atoms with Gasteiger partial charge in [0.2, 0.25) is 0 Å². The molecular weight excluding hydrogens is 380 g/mol. The third kappa shape index (κ3) is 4.94. The number of hydrogen-bond donors (Lipinski definition) is 2. The molecule has 0 aromatic heterocycles. The summed E-state index contributed by atoms with van der Waals surface area (Å²) in [7, 11) is 0. The second-order valence-corrected chi connectivity index (χ2v) is 8.04. The number of aliphatic hydroxyl groups is 1. The molecule has 0 aliphatic carbocycles. The molecule has 2 N–H and O–H groups in total. The molecule has 1 saturated heterocycles. The molecule has 1 aliphatic rings. The second-order valence-electron chi connectivity index (χ2n) is 8.04. The number of hydrogen-bond acceptors (Lipinski definition) is 4. The van der Waals surface area contributed by atoms with Crippen LogP contribution in [0, 0.1) is 5.92 Å². The minimum absolute atomic E-state index is 0.268. The lowest BCUT2D eigenvalue weighted by Gasteiger charge is -2.26. The first-order valence-corrected chi connectivity index (χ1v) is 10.3. The third-order valence-corrected chi connectivity index (χ3v) is 5.44. The van der Waals surface area contributed by atoms with Gasteiger partial charge in [0.15, 0.2) is 5.78 Å². The molecular formula is C24H28N2O4. The number of nitrogens with one attached hydrogen (secondary N) is 1. The molecule has 3 rings (SSSR count). The number of urea groups is 1. The largest absolute Gasteiger partial charge is 0.388 e. The van der Waals surface area contributed by atoms with Crippen molar-refractivity contribution in [3.05, 3.63) is 71.3 Å². The van der Waals surface area contributed by atoms with Gasteiger partial charge >= 0.3 is 6.03 Å². The smallest absolute Gasteiger partial charge is 0.325 e. The van der Waals surface area contributed by atoms with E-state index in [1.165, 1.54) is 11.1 Å². The zero-order valence-corrected chi connectivity index (χ0v) is 17.4. The molecule has 2 aromatic carbocycles. The summed E-state index contributed by atoms with van der Waals surface area (Å²) < 4.78 is 0. The van der Waals surface area contributed by atoms with Crippen molar-refractivity contribution in [2.45, 2.75) is 45.2 Å². The molecule has 3 amide bonds. The lowest BCUT2D eigenvalue weighted by Crippen LogP contribution is -2.49. The Labute approximate surface area is 176 Å². The molecule has 1 aliphatic heterocycles. The Kier molecular flexibility index (Phi) is 7.00. The van der Waals surface area contributed by atoms with E-state index in [4.69, 9.17) is 0 Å². The van der Waals surface area contributed by atoms with Gasteiger partial charge in [-0.3, -0.25) is 14.5 Å². The summed E-state index contributed by atoms with van der Waals surface area (Å²) in [4.78, 5) is 38.2. The van der Waals surface area contributed by atoms with E-state index in [-0.39, 0.29) is 5.92 Å². The van der Waals surface area contributed by atoms with E-state index in [9.17, 15) is 19.5 Å². The number of amides is 3. The number of Topliss-reactive ketones (excluding diaryl/α,β-unsaturated/α-hetero) is 1. The SMILES string of the molecule is CC(C)[C@H](C(=O)CO)N1C(=O)N[C@@H](CCc2ccc(Cc3ccccc3)cc2)C1=O. The Morgan fingerprint density at radius 1 is 1.00 bits per heavy atom. The lowest BCUT2D eigenvalue weighted by atomic mass is 9.97. The number of ketones is 1. The molecule has 6 nitrogen and oxygen atoms in total. The van der Waals surface area contributed by atoms with Gasteiger partial charge in [-0.25, -0.2) is 4.79 Å². The van der Waals surface area contributed by atoms with Gasteiger partial charge in [-0.15, -0.1) is 0 Å². The highest BCUT2D eigenvalue weighted by molar-refractivity contribution is 6.07. The first kappa shape index (κ1) is 21.7. The Bertz CT molecular complexity index is 893. The maximum Gasteiger partial charge on any atom is 0.325 e. The van der Waals surface area contributed by atoms with E-state index in [1.807, 2.05) is 30.3 Å². The van der Waals surface area contributed by atoms with Crippen LogP contribution in [0.4, 0.5) is 4.79 Å². The van der Waals surface area contributed by atoms with E-state index in [2.05, 4.69) is 29.6 Å². The molecule has 2 aromatic rings. The molecule has 0 radical (unpaired) electrons. The van der Waals surface area contributed by atoms with Crippen molar-refractivity contribution in [1.29, 1.82) is 0 Å². The fourth-order valence-corrected chi connectivity index (χ4v) is 3.88. The van der Waals surface area contributed by atoms with Crippen LogP contribution in [0.25, 0.3) is 0 Å². The van der Waals surface area contributed by atoms with E-state index >= 15 is 0 Å². The third-order valence-electron chi connectivity index (χ3n) is 5.44. The van der Waals surface area contributed by atoms with Crippen LogP contribution in [0.1, 0.15) is 37.0 Å².